The van der Waals surface area contributed by atoms with Gasteiger partial charge < -0.3 is 10.0 Å². The number of carbonyl (C=O) groups is 1. The van der Waals surface area contributed by atoms with E-state index in [1.54, 1.807) is 12.1 Å². The average molecular weight is 313 g/mol. The summed E-state index contributed by atoms with van der Waals surface area (Å²) in [5, 5.41) is 10.5. The van der Waals surface area contributed by atoms with Gasteiger partial charge in [-0.2, -0.15) is 0 Å². The minimum Gasteiger partial charge on any atom is -0.388 e. The van der Waals surface area contributed by atoms with Crippen molar-refractivity contribution < 1.29 is 14.3 Å². The molecule has 1 aliphatic rings. The zero-order chi connectivity index (χ0) is 16.2. The third-order valence-electron chi connectivity index (χ3n) is 4.51. The van der Waals surface area contributed by atoms with Crippen molar-refractivity contribution in [1.29, 1.82) is 0 Å². The van der Waals surface area contributed by atoms with E-state index in [1.807, 2.05) is 35.2 Å². The molecular formula is C19H20FNO2. The Morgan fingerprint density at radius 2 is 1.65 bits per heavy atom. The molecule has 1 heterocycles. The van der Waals surface area contributed by atoms with E-state index in [0.29, 0.717) is 18.7 Å². The summed E-state index contributed by atoms with van der Waals surface area (Å²) < 4.78 is 13.0. The molecule has 0 spiro atoms. The van der Waals surface area contributed by atoms with Crippen LogP contribution in [-0.4, -0.2) is 29.0 Å². The number of amides is 1. The summed E-state index contributed by atoms with van der Waals surface area (Å²) in [5.74, 6) is -0.162. The smallest absolute Gasteiger partial charge is 0.253 e. The Morgan fingerprint density at radius 1 is 1.04 bits per heavy atom. The molecule has 1 unspecified atom stereocenters. The summed E-state index contributed by atoms with van der Waals surface area (Å²) in [7, 11) is 0. The average Bonchev–Trinajstić information content (AvgIpc) is 2.62. The SMILES string of the molecule is O=C(c1ccccc1)N1CCC(C(O)c2ccc(F)cc2)CC1. The Labute approximate surface area is 135 Å². The maximum atomic E-state index is 13.0. The maximum Gasteiger partial charge on any atom is 0.253 e. The van der Waals surface area contributed by atoms with Gasteiger partial charge >= 0.3 is 0 Å². The molecular weight excluding hydrogens is 293 g/mol. The summed E-state index contributed by atoms with van der Waals surface area (Å²) in [6, 6.07) is 15.2. The van der Waals surface area contributed by atoms with Crippen molar-refractivity contribution in [3.05, 3.63) is 71.5 Å². The summed E-state index contributed by atoms with van der Waals surface area (Å²) in [5.41, 5.74) is 1.43. The highest BCUT2D eigenvalue weighted by atomic mass is 19.1. The van der Waals surface area contributed by atoms with Crippen molar-refractivity contribution >= 4 is 5.91 Å². The lowest BCUT2D eigenvalue weighted by atomic mass is 9.87. The zero-order valence-electron chi connectivity index (χ0n) is 12.9. The van der Waals surface area contributed by atoms with Gasteiger partial charge in [0, 0.05) is 18.7 Å². The summed E-state index contributed by atoms with van der Waals surface area (Å²) in [4.78, 5) is 14.2. The molecule has 1 aliphatic heterocycles. The van der Waals surface area contributed by atoms with Crippen LogP contribution in [0.4, 0.5) is 4.39 Å². The largest absolute Gasteiger partial charge is 0.388 e. The molecule has 0 saturated carbocycles. The van der Waals surface area contributed by atoms with E-state index in [4.69, 9.17) is 0 Å². The van der Waals surface area contributed by atoms with Crippen LogP contribution in [0.25, 0.3) is 0 Å². The van der Waals surface area contributed by atoms with Gasteiger partial charge in [-0.25, -0.2) is 4.39 Å². The minimum atomic E-state index is -0.607. The molecule has 1 fully saturated rings. The Morgan fingerprint density at radius 3 is 2.26 bits per heavy atom. The number of piperidine rings is 1. The molecule has 0 radical (unpaired) electrons. The van der Waals surface area contributed by atoms with Gasteiger partial charge in [-0.05, 0) is 48.6 Å². The molecule has 1 N–H and O–H groups in total. The Kier molecular flexibility index (Phi) is 4.72. The van der Waals surface area contributed by atoms with E-state index < -0.39 is 6.10 Å². The van der Waals surface area contributed by atoms with Crippen LogP contribution in [0.5, 0.6) is 0 Å². The molecule has 2 aromatic carbocycles. The van der Waals surface area contributed by atoms with Gasteiger partial charge in [-0.1, -0.05) is 30.3 Å². The first-order valence-electron chi connectivity index (χ1n) is 7.93. The van der Waals surface area contributed by atoms with Gasteiger partial charge in [0.2, 0.25) is 0 Å². The number of halogens is 1. The molecule has 3 nitrogen and oxygen atoms in total. The van der Waals surface area contributed by atoms with Crippen LogP contribution in [0.1, 0.15) is 34.9 Å². The number of aliphatic hydroxyl groups excluding tert-OH is 1. The quantitative estimate of drug-likeness (QED) is 0.943. The number of likely N-dealkylation sites (tertiary alicyclic amines) is 1. The van der Waals surface area contributed by atoms with Gasteiger partial charge in [-0.3, -0.25) is 4.79 Å². The highest BCUT2D eigenvalue weighted by molar-refractivity contribution is 5.94. The zero-order valence-corrected chi connectivity index (χ0v) is 12.9. The third kappa shape index (κ3) is 3.59. The molecule has 1 atom stereocenters. The third-order valence-corrected chi connectivity index (χ3v) is 4.51. The van der Waals surface area contributed by atoms with Crippen molar-refractivity contribution in [2.45, 2.75) is 18.9 Å². The Balaban J connectivity index is 1.60. The first kappa shape index (κ1) is 15.7. The lowest BCUT2D eigenvalue weighted by molar-refractivity contribution is 0.0462. The maximum absolute atomic E-state index is 13.0. The van der Waals surface area contributed by atoms with Crippen molar-refractivity contribution in [3.8, 4) is 0 Å². The van der Waals surface area contributed by atoms with Crippen molar-refractivity contribution in [2.75, 3.05) is 13.1 Å². The summed E-state index contributed by atoms with van der Waals surface area (Å²) in [6.45, 7) is 1.27. The topological polar surface area (TPSA) is 40.5 Å². The molecule has 0 bridgehead atoms. The van der Waals surface area contributed by atoms with Crippen LogP contribution in [0.15, 0.2) is 54.6 Å². The standard InChI is InChI=1S/C19H20FNO2/c20-17-8-6-14(7-9-17)18(22)15-10-12-21(13-11-15)19(23)16-4-2-1-3-5-16/h1-9,15,18,22H,10-13H2. The monoisotopic (exact) mass is 313 g/mol. The van der Waals surface area contributed by atoms with E-state index >= 15 is 0 Å². The minimum absolute atomic E-state index is 0.0420. The van der Waals surface area contributed by atoms with Crippen LogP contribution in [0, 0.1) is 11.7 Å². The van der Waals surface area contributed by atoms with Crippen molar-refractivity contribution in [2.24, 2.45) is 5.92 Å². The molecule has 4 heteroatoms. The molecule has 0 aliphatic carbocycles. The molecule has 1 saturated heterocycles. The van der Waals surface area contributed by atoms with Crippen LogP contribution in [0.2, 0.25) is 0 Å². The van der Waals surface area contributed by atoms with Gasteiger partial charge in [0.25, 0.3) is 5.91 Å². The first-order valence-corrected chi connectivity index (χ1v) is 7.93. The summed E-state index contributed by atoms with van der Waals surface area (Å²) >= 11 is 0. The van der Waals surface area contributed by atoms with Gasteiger partial charge in [0.15, 0.2) is 0 Å². The predicted molar refractivity (Wildman–Crippen MR) is 86.4 cm³/mol. The van der Waals surface area contributed by atoms with Crippen LogP contribution < -0.4 is 0 Å². The molecule has 0 aromatic heterocycles. The Hall–Kier alpha value is -2.20. The van der Waals surface area contributed by atoms with Crippen molar-refractivity contribution in [1.82, 2.24) is 4.90 Å². The highest BCUT2D eigenvalue weighted by Crippen LogP contribution is 2.31. The number of hydrogen-bond donors (Lipinski definition) is 1. The van der Waals surface area contributed by atoms with E-state index in [9.17, 15) is 14.3 Å². The second-order valence-corrected chi connectivity index (χ2v) is 5.99. The van der Waals surface area contributed by atoms with E-state index in [-0.39, 0.29) is 17.6 Å². The van der Waals surface area contributed by atoms with Gasteiger partial charge in [-0.15, -0.1) is 0 Å². The molecule has 120 valence electrons. The number of hydrogen-bond acceptors (Lipinski definition) is 2. The predicted octanol–water partition coefficient (Wildman–Crippen LogP) is 3.41. The van der Waals surface area contributed by atoms with E-state index in [1.165, 1.54) is 12.1 Å². The van der Waals surface area contributed by atoms with Crippen LogP contribution >= 0.6 is 0 Å². The summed E-state index contributed by atoms with van der Waals surface area (Å²) in [6.07, 6.45) is 0.887. The fraction of sp³-hybridized carbons (Fsp3) is 0.316. The van der Waals surface area contributed by atoms with Gasteiger partial charge in [0.1, 0.15) is 5.82 Å². The normalized spacial score (nSPS) is 17.0. The Bertz CT molecular complexity index is 649. The number of nitrogens with zero attached hydrogens (tertiary/aromatic N) is 1. The molecule has 2 aromatic rings. The fourth-order valence-electron chi connectivity index (χ4n) is 3.11. The molecule has 3 rings (SSSR count). The first-order chi connectivity index (χ1) is 11.1. The lowest BCUT2D eigenvalue weighted by Gasteiger charge is -2.34. The second kappa shape index (κ2) is 6.92. The fourth-order valence-corrected chi connectivity index (χ4v) is 3.11. The molecule has 1 amide bonds. The van der Waals surface area contributed by atoms with Crippen LogP contribution in [0.3, 0.4) is 0 Å². The lowest BCUT2D eigenvalue weighted by Crippen LogP contribution is -2.39. The van der Waals surface area contributed by atoms with Crippen molar-refractivity contribution in [3.63, 3.8) is 0 Å². The number of aliphatic hydroxyl groups is 1. The number of carbonyl (C=O) groups excluding carboxylic acids is 1. The molecule has 23 heavy (non-hydrogen) atoms. The number of benzene rings is 2. The van der Waals surface area contributed by atoms with Crippen LogP contribution in [-0.2, 0) is 0 Å². The number of rotatable bonds is 3. The highest BCUT2D eigenvalue weighted by Gasteiger charge is 2.28. The van der Waals surface area contributed by atoms with Gasteiger partial charge in [0.05, 0.1) is 6.10 Å². The van der Waals surface area contributed by atoms with E-state index in [0.717, 1.165) is 18.4 Å². The van der Waals surface area contributed by atoms with E-state index in [2.05, 4.69) is 0 Å². The second-order valence-electron chi connectivity index (χ2n) is 5.99.